The average molecular weight is 208 g/mol. The highest BCUT2D eigenvalue weighted by Gasteiger charge is 2.14. The topological polar surface area (TPSA) is 34.9 Å². The zero-order valence-electron chi connectivity index (χ0n) is 7.33. The minimum Gasteiger partial charge on any atom is -0.241 e. The highest BCUT2D eigenvalue weighted by molar-refractivity contribution is 7.78. The normalized spacial score (nSPS) is 15.7. The lowest BCUT2D eigenvalue weighted by Gasteiger charge is -1.94. The van der Waals surface area contributed by atoms with Gasteiger partial charge in [-0.2, -0.15) is 4.21 Å². The summed E-state index contributed by atoms with van der Waals surface area (Å²) >= 11 is -2.65. The standard InChI is InChI=1S/C7H10F2N2OS/c1-3-7-10-6(5(2)8)4-11(7)13(9)12/h4-5H,3H2,1-2H3. The van der Waals surface area contributed by atoms with E-state index < -0.39 is 17.5 Å². The summed E-state index contributed by atoms with van der Waals surface area (Å²) in [5.74, 6) is 0.292. The van der Waals surface area contributed by atoms with E-state index in [4.69, 9.17) is 0 Å². The maximum atomic E-state index is 12.7. The van der Waals surface area contributed by atoms with Crippen molar-refractivity contribution >= 4 is 11.4 Å². The average Bonchev–Trinajstić information content (AvgIpc) is 2.47. The van der Waals surface area contributed by atoms with E-state index >= 15 is 0 Å². The van der Waals surface area contributed by atoms with Crippen LogP contribution in [0.1, 0.15) is 31.5 Å². The highest BCUT2D eigenvalue weighted by Crippen LogP contribution is 2.16. The molecule has 1 aromatic heterocycles. The van der Waals surface area contributed by atoms with E-state index in [9.17, 15) is 12.5 Å². The molecule has 13 heavy (non-hydrogen) atoms. The van der Waals surface area contributed by atoms with Gasteiger partial charge >= 0.3 is 11.4 Å². The van der Waals surface area contributed by atoms with Gasteiger partial charge in [-0.25, -0.2) is 13.3 Å². The number of alkyl halides is 1. The Balaban J connectivity index is 3.11. The van der Waals surface area contributed by atoms with E-state index in [-0.39, 0.29) is 5.69 Å². The summed E-state index contributed by atoms with van der Waals surface area (Å²) in [6.45, 7) is 3.03. The second-order valence-corrected chi connectivity index (χ2v) is 3.39. The van der Waals surface area contributed by atoms with Gasteiger partial charge in [-0.3, -0.25) is 0 Å². The SMILES string of the molecule is CCc1nc(C(C)F)cn1S(=O)F. The molecule has 0 aliphatic heterocycles. The van der Waals surface area contributed by atoms with Gasteiger partial charge in [-0.1, -0.05) is 6.92 Å². The zero-order valence-corrected chi connectivity index (χ0v) is 8.15. The summed E-state index contributed by atoms with van der Waals surface area (Å²) in [7, 11) is 0. The van der Waals surface area contributed by atoms with E-state index in [1.54, 1.807) is 6.92 Å². The van der Waals surface area contributed by atoms with Gasteiger partial charge in [0.1, 0.15) is 12.0 Å². The Bertz CT molecular complexity index is 324. The van der Waals surface area contributed by atoms with E-state index in [0.717, 1.165) is 10.2 Å². The van der Waals surface area contributed by atoms with Crippen LogP contribution in [0.4, 0.5) is 8.28 Å². The molecule has 0 fully saturated rings. The number of halogens is 2. The summed E-state index contributed by atoms with van der Waals surface area (Å²) < 4.78 is 36.5. The quantitative estimate of drug-likeness (QED) is 0.711. The molecule has 1 rings (SSSR count). The molecule has 0 saturated heterocycles. The molecule has 0 aliphatic rings. The molecule has 0 spiro atoms. The van der Waals surface area contributed by atoms with Crippen LogP contribution < -0.4 is 0 Å². The molecule has 0 aliphatic carbocycles. The number of aryl methyl sites for hydroxylation is 1. The fourth-order valence-corrected chi connectivity index (χ4v) is 1.50. The number of hydrogen-bond donors (Lipinski definition) is 0. The van der Waals surface area contributed by atoms with E-state index in [1.807, 2.05) is 0 Å². The van der Waals surface area contributed by atoms with Gasteiger partial charge in [0.2, 0.25) is 0 Å². The third-order valence-corrected chi connectivity index (χ3v) is 2.27. The van der Waals surface area contributed by atoms with Gasteiger partial charge in [-0.05, 0) is 6.92 Å². The molecule has 0 radical (unpaired) electrons. The van der Waals surface area contributed by atoms with Crippen molar-refractivity contribution in [2.45, 2.75) is 26.4 Å². The van der Waals surface area contributed by atoms with Gasteiger partial charge < -0.3 is 0 Å². The predicted octanol–water partition coefficient (Wildman–Crippen LogP) is 1.87. The van der Waals surface area contributed by atoms with Gasteiger partial charge in [0.05, 0.1) is 5.69 Å². The van der Waals surface area contributed by atoms with Crippen molar-refractivity contribution in [3.8, 4) is 0 Å². The maximum Gasteiger partial charge on any atom is 0.309 e. The Morgan fingerprint density at radius 3 is 2.69 bits per heavy atom. The van der Waals surface area contributed by atoms with Crippen LogP contribution >= 0.6 is 0 Å². The van der Waals surface area contributed by atoms with Crippen molar-refractivity contribution in [2.24, 2.45) is 0 Å². The van der Waals surface area contributed by atoms with Crippen LogP contribution in [0.5, 0.6) is 0 Å². The molecule has 2 atom stereocenters. The minimum absolute atomic E-state index is 0.114. The number of nitrogens with zero attached hydrogens (tertiary/aromatic N) is 2. The molecular formula is C7H10F2N2OS. The van der Waals surface area contributed by atoms with Crippen molar-refractivity contribution in [2.75, 3.05) is 0 Å². The summed E-state index contributed by atoms with van der Waals surface area (Å²) in [6, 6.07) is 0. The summed E-state index contributed by atoms with van der Waals surface area (Å²) in [5, 5.41) is 0. The first-order valence-corrected chi connectivity index (χ1v) is 4.87. The first kappa shape index (κ1) is 10.3. The van der Waals surface area contributed by atoms with Crippen LogP contribution in [0.25, 0.3) is 0 Å². The van der Waals surface area contributed by atoms with E-state index in [1.165, 1.54) is 6.92 Å². The molecule has 0 amide bonds. The fraction of sp³-hybridized carbons (Fsp3) is 0.571. The molecule has 0 bridgehead atoms. The Labute approximate surface area is 77.7 Å². The third kappa shape index (κ3) is 2.12. The molecular weight excluding hydrogens is 198 g/mol. The highest BCUT2D eigenvalue weighted by atomic mass is 32.2. The van der Waals surface area contributed by atoms with Crippen LogP contribution in [0.15, 0.2) is 6.20 Å². The van der Waals surface area contributed by atoms with Crippen LogP contribution in [-0.4, -0.2) is 13.2 Å². The first-order valence-electron chi connectivity index (χ1n) is 3.87. The lowest BCUT2D eigenvalue weighted by atomic mass is 10.3. The van der Waals surface area contributed by atoms with Crippen molar-refractivity contribution in [1.29, 1.82) is 0 Å². The van der Waals surface area contributed by atoms with Crippen LogP contribution in [0.2, 0.25) is 0 Å². The zero-order chi connectivity index (χ0) is 10.0. The Kier molecular flexibility index (Phi) is 3.13. The summed E-state index contributed by atoms with van der Waals surface area (Å²) in [5.41, 5.74) is 0.114. The Morgan fingerprint density at radius 1 is 1.77 bits per heavy atom. The molecule has 6 heteroatoms. The van der Waals surface area contributed by atoms with Crippen molar-refractivity contribution in [3.05, 3.63) is 17.7 Å². The van der Waals surface area contributed by atoms with Crippen LogP contribution in [0, 0.1) is 0 Å². The third-order valence-electron chi connectivity index (χ3n) is 1.64. The van der Waals surface area contributed by atoms with Crippen molar-refractivity contribution in [3.63, 3.8) is 0 Å². The molecule has 2 unspecified atom stereocenters. The van der Waals surface area contributed by atoms with Crippen LogP contribution in [-0.2, 0) is 17.8 Å². The van der Waals surface area contributed by atoms with Gasteiger partial charge in [0, 0.05) is 12.6 Å². The number of rotatable bonds is 3. The minimum atomic E-state index is -2.65. The van der Waals surface area contributed by atoms with E-state index in [2.05, 4.69) is 4.98 Å². The van der Waals surface area contributed by atoms with Crippen molar-refractivity contribution in [1.82, 2.24) is 8.96 Å². The second kappa shape index (κ2) is 3.95. The van der Waals surface area contributed by atoms with E-state index in [0.29, 0.717) is 12.2 Å². The summed E-state index contributed by atoms with van der Waals surface area (Å²) in [6.07, 6.45) is 0.289. The Morgan fingerprint density at radius 2 is 2.38 bits per heavy atom. The number of aromatic nitrogens is 2. The number of hydrogen-bond acceptors (Lipinski definition) is 2. The van der Waals surface area contributed by atoms with Gasteiger partial charge in [0.25, 0.3) is 0 Å². The van der Waals surface area contributed by atoms with Gasteiger partial charge in [-0.15, -0.1) is 3.89 Å². The Hall–Kier alpha value is -0.780. The molecule has 1 heterocycles. The molecule has 74 valence electrons. The molecule has 0 aromatic carbocycles. The molecule has 0 saturated carbocycles. The fourth-order valence-electron chi connectivity index (χ4n) is 0.973. The monoisotopic (exact) mass is 208 g/mol. The van der Waals surface area contributed by atoms with Gasteiger partial charge in [0.15, 0.2) is 0 Å². The lowest BCUT2D eigenvalue weighted by Crippen LogP contribution is -2.01. The lowest BCUT2D eigenvalue weighted by molar-refractivity contribution is 0.366. The molecule has 1 aromatic rings. The largest absolute Gasteiger partial charge is 0.309 e. The maximum absolute atomic E-state index is 12.7. The predicted molar refractivity (Wildman–Crippen MR) is 45.8 cm³/mol. The first-order chi connectivity index (χ1) is 6.06. The summed E-state index contributed by atoms with van der Waals surface area (Å²) in [4.78, 5) is 3.80. The molecule has 3 nitrogen and oxygen atoms in total. The van der Waals surface area contributed by atoms with Crippen LogP contribution in [0.3, 0.4) is 0 Å². The smallest absolute Gasteiger partial charge is 0.241 e. The molecule has 0 N–H and O–H groups in total. The number of imidazole rings is 1. The second-order valence-electron chi connectivity index (χ2n) is 2.58. The van der Waals surface area contributed by atoms with Crippen molar-refractivity contribution < 1.29 is 12.5 Å².